The minimum Gasteiger partial charge on any atom is -0.353 e. The zero-order valence-electron chi connectivity index (χ0n) is 7.84. The van der Waals surface area contributed by atoms with E-state index in [1.165, 1.54) is 0 Å². The molecule has 1 unspecified atom stereocenters. The van der Waals surface area contributed by atoms with Crippen LogP contribution in [0.3, 0.4) is 0 Å². The maximum atomic E-state index is 11.1. The van der Waals surface area contributed by atoms with Gasteiger partial charge in [0, 0.05) is 13.1 Å². The standard InChI is InChI=1S/C8H19N3O/c1-6(2)5-7(10)8(12)11-4-3-9/h6-7H,3-5,9-10H2,1-2H3,(H,11,12). The van der Waals surface area contributed by atoms with Crippen LogP contribution in [0, 0.1) is 5.92 Å². The van der Waals surface area contributed by atoms with Gasteiger partial charge in [0.2, 0.25) is 5.91 Å². The maximum absolute atomic E-state index is 11.1. The second-order valence-corrected chi connectivity index (χ2v) is 3.32. The molecule has 0 radical (unpaired) electrons. The first kappa shape index (κ1) is 11.4. The first-order valence-electron chi connectivity index (χ1n) is 4.31. The Morgan fingerprint density at radius 2 is 2.08 bits per heavy atom. The SMILES string of the molecule is CC(C)CC(N)C(=O)NCCN. The molecule has 0 heterocycles. The predicted molar refractivity (Wildman–Crippen MR) is 49.5 cm³/mol. The van der Waals surface area contributed by atoms with Gasteiger partial charge in [0.05, 0.1) is 6.04 Å². The van der Waals surface area contributed by atoms with Crippen molar-refractivity contribution in [3.8, 4) is 0 Å². The molecular weight excluding hydrogens is 154 g/mol. The third-order valence-corrected chi connectivity index (χ3v) is 1.51. The molecule has 0 saturated carbocycles. The highest BCUT2D eigenvalue weighted by Gasteiger charge is 2.13. The molecule has 72 valence electrons. The fourth-order valence-corrected chi connectivity index (χ4v) is 0.941. The molecule has 12 heavy (non-hydrogen) atoms. The van der Waals surface area contributed by atoms with Crippen LogP contribution in [0.15, 0.2) is 0 Å². The third kappa shape index (κ3) is 5.09. The molecule has 0 aliphatic heterocycles. The van der Waals surface area contributed by atoms with Crippen LogP contribution in [0.4, 0.5) is 0 Å². The van der Waals surface area contributed by atoms with Crippen molar-refractivity contribution >= 4 is 5.91 Å². The van der Waals surface area contributed by atoms with E-state index in [9.17, 15) is 4.79 Å². The molecule has 0 aromatic carbocycles. The molecule has 1 atom stereocenters. The Balaban J connectivity index is 3.61. The lowest BCUT2D eigenvalue weighted by Gasteiger charge is -2.13. The average molecular weight is 173 g/mol. The second-order valence-electron chi connectivity index (χ2n) is 3.32. The van der Waals surface area contributed by atoms with Gasteiger partial charge in [-0.2, -0.15) is 0 Å². The van der Waals surface area contributed by atoms with Crippen molar-refractivity contribution in [2.24, 2.45) is 17.4 Å². The Morgan fingerprint density at radius 3 is 2.50 bits per heavy atom. The summed E-state index contributed by atoms with van der Waals surface area (Å²) in [5, 5.41) is 2.65. The van der Waals surface area contributed by atoms with E-state index in [1.807, 2.05) is 13.8 Å². The minimum atomic E-state index is -0.392. The Kier molecular flexibility index (Phi) is 5.66. The van der Waals surface area contributed by atoms with E-state index in [0.29, 0.717) is 19.0 Å². The van der Waals surface area contributed by atoms with E-state index < -0.39 is 6.04 Å². The molecule has 0 aliphatic carbocycles. The normalized spacial score (nSPS) is 13.1. The molecule has 5 N–H and O–H groups in total. The number of amides is 1. The minimum absolute atomic E-state index is 0.103. The van der Waals surface area contributed by atoms with E-state index in [0.717, 1.165) is 6.42 Å². The van der Waals surface area contributed by atoms with Gasteiger partial charge in [-0.05, 0) is 12.3 Å². The Morgan fingerprint density at radius 1 is 1.50 bits per heavy atom. The summed E-state index contributed by atoms with van der Waals surface area (Å²) in [6.45, 7) is 5.04. The lowest BCUT2D eigenvalue weighted by molar-refractivity contribution is -0.122. The topological polar surface area (TPSA) is 81.1 Å². The van der Waals surface area contributed by atoms with Crippen molar-refractivity contribution in [2.75, 3.05) is 13.1 Å². The first-order valence-corrected chi connectivity index (χ1v) is 4.31. The van der Waals surface area contributed by atoms with Crippen molar-refractivity contribution in [1.29, 1.82) is 0 Å². The molecular formula is C8H19N3O. The average Bonchev–Trinajstić information content (AvgIpc) is 1.98. The maximum Gasteiger partial charge on any atom is 0.236 e. The summed E-state index contributed by atoms with van der Waals surface area (Å²) >= 11 is 0. The summed E-state index contributed by atoms with van der Waals surface area (Å²) in [6, 6.07) is -0.392. The molecule has 0 saturated heterocycles. The number of hydrogen-bond acceptors (Lipinski definition) is 3. The fraction of sp³-hybridized carbons (Fsp3) is 0.875. The summed E-state index contributed by atoms with van der Waals surface area (Å²) in [5.41, 5.74) is 10.8. The third-order valence-electron chi connectivity index (χ3n) is 1.51. The van der Waals surface area contributed by atoms with Crippen molar-refractivity contribution < 1.29 is 4.79 Å². The molecule has 1 amide bonds. The molecule has 0 fully saturated rings. The smallest absolute Gasteiger partial charge is 0.236 e. The Labute approximate surface area is 73.7 Å². The molecule has 0 aromatic heterocycles. The highest BCUT2D eigenvalue weighted by molar-refractivity contribution is 5.81. The van der Waals surface area contributed by atoms with Gasteiger partial charge in [-0.3, -0.25) is 4.79 Å². The van der Waals surface area contributed by atoms with Crippen LogP contribution >= 0.6 is 0 Å². The summed E-state index contributed by atoms with van der Waals surface area (Å²) < 4.78 is 0. The van der Waals surface area contributed by atoms with Gasteiger partial charge >= 0.3 is 0 Å². The van der Waals surface area contributed by atoms with Crippen LogP contribution in [0.25, 0.3) is 0 Å². The highest BCUT2D eigenvalue weighted by atomic mass is 16.2. The van der Waals surface area contributed by atoms with Gasteiger partial charge in [-0.1, -0.05) is 13.8 Å². The monoisotopic (exact) mass is 173 g/mol. The highest BCUT2D eigenvalue weighted by Crippen LogP contribution is 2.01. The van der Waals surface area contributed by atoms with E-state index in [2.05, 4.69) is 5.32 Å². The van der Waals surface area contributed by atoms with E-state index in [4.69, 9.17) is 11.5 Å². The summed E-state index contributed by atoms with van der Waals surface area (Å²) in [5.74, 6) is 0.345. The number of carbonyl (C=O) groups is 1. The predicted octanol–water partition coefficient (Wildman–Crippen LogP) is -0.565. The number of nitrogens with one attached hydrogen (secondary N) is 1. The number of hydrogen-bond donors (Lipinski definition) is 3. The molecule has 0 rings (SSSR count). The van der Waals surface area contributed by atoms with Gasteiger partial charge in [-0.15, -0.1) is 0 Å². The van der Waals surface area contributed by atoms with Crippen molar-refractivity contribution in [3.63, 3.8) is 0 Å². The van der Waals surface area contributed by atoms with E-state index in [1.54, 1.807) is 0 Å². The number of nitrogens with two attached hydrogens (primary N) is 2. The van der Waals surface area contributed by atoms with E-state index in [-0.39, 0.29) is 5.91 Å². The summed E-state index contributed by atoms with van der Waals surface area (Å²) in [6.07, 6.45) is 0.719. The summed E-state index contributed by atoms with van der Waals surface area (Å²) in [4.78, 5) is 11.1. The van der Waals surface area contributed by atoms with Crippen LogP contribution in [0.2, 0.25) is 0 Å². The molecule has 0 aromatic rings. The van der Waals surface area contributed by atoms with Crippen LogP contribution in [-0.4, -0.2) is 25.0 Å². The summed E-state index contributed by atoms with van der Waals surface area (Å²) in [7, 11) is 0. The van der Waals surface area contributed by atoms with Gasteiger partial charge in [-0.25, -0.2) is 0 Å². The molecule has 0 spiro atoms. The van der Waals surface area contributed by atoms with Crippen LogP contribution in [-0.2, 0) is 4.79 Å². The number of rotatable bonds is 5. The largest absolute Gasteiger partial charge is 0.353 e. The Bertz CT molecular complexity index is 136. The first-order chi connectivity index (χ1) is 5.57. The Hall–Kier alpha value is -0.610. The molecule has 0 bridgehead atoms. The zero-order chi connectivity index (χ0) is 9.56. The quantitative estimate of drug-likeness (QED) is 0.521. The molecule has 4 heteroatoms. The number of carbonyl (C=O) groups excluding carboxylic acids is 1. The van der Waals surface area contributed by atoms with E-state index >= 15 is 0 Å². The van der Waals surface area contributed by atoms with Crippen LogP contribution in [0.5, 0.6) is 0 Å². The van der Waals surface area contributed by atoms with Gasteiger partial charge in [0.15, 0.2) is 0 Å². The zero-order valence-corrected chi connectivity index (χ0v) is 7.84. The van der Waals surface area contributed by atoms with Gasteiger partial charge in [0.1, 0.15) is 0 Å². The van der Waals surface area contributed by atoms with Gasteiger partial charge in [0.25, 0.3) is 0 Å². The van der Waals surface area contributed by atoms with Crippen LogP contribution in [0.1, 0.15) is 20.3 Å². The lowest BCUT2D eigenvalue weighted by atomic mass is 10.0. The second kappa shape index (κ2) is 5.97. The lowest BCUT2D eigenvalue weighted by Crippen LogP contribution is -2.43. The van der Waals surface area contributed by atoms with Gasteiger partial charge < -0.3 is 16.8 Å². The van der Waals surface area contributed by atoms with Crippen molar-refractivity contribution in [2.45, 2.75) is 26.3 Å². The molecule has 0 aliphatic rings. The fourth-order valence-electron chi connectivity index (χ4n) is 0.941. The van der Waals surface area contributed by atoms with Crippen molar-refractivity contribution in [3.05, 3.63) is 0 Å². The van der Waals surface area contributed by atoms with Crippen LogP contribution < -0.4 is 16.8 Å². The molecule has 4 nitrogen and oxygen atoms in total. The van der Waals surface area contributed by atoms with Crippen molar-refractivity contribution in [1.82, 2.24) is 5.32 Å².